The number of morpholine rings is 1. The van der Waals surface area contributed by atoms with Crippen molar-refractivity contribution < 1.29 is 9.26 Å². The Morgan fingerprint density at radius 3 is 2.81 bits per heavy atom. The fourth-order valence-corrected chi connectivity index (χ4v) is 3.35. The van der Waals surface area contributed by atoms with Crippen LogP contribution in [-0.2, 0) is 18.3 Å². The Bertz CT molecular complexity index is 996. The number of aryl methyl sites for hydroxylation is 1. The smallest absolute Gasteiger partial charge is 0.261 e. The summed E-state index contributed by atoms with van der Waals surface area (Å²) in [5.41, 5.74) is 0.687. The molecule has 2 aromatic heterocycles. The van der Waals surface area contributed by atoms with Crippen LogP contribution >= 0.6 is 0 Å². The van der Waals surface area contributed by atoms with Crippen LogP contribution in [0.1, 0.15) is 30.6 Å². The van der Waals surface area contributed by atoms with Gasteiger partial charge in [-0.2, -0.15) is 4.98 Å². The van der Waals surface area contributed by atoms with Gasteiger partial charge < -0.3 is 9.26 Å². The third-order valence-electron chi connectivity index (χ3n) is 4.60. The van der Waals surface area contributed by atoms with Crippen molar-refractivity contribution in [2.45, 2.75) is 32.6 Å². The molecule has 0 saturated carbocycles. The lowest BCUT2D eigenvalue weighted by Crippen LogP contribution is -2.43. The molecule has 8 nitrogen and oxygen atoms in total. The molecule has 0 spiro atoms. The van der Waals surface area contributed by atoms with Gasteiger partial charge in [-0.1, -0.05) is 17.3 Å². The van der Waals surface area contributed by atoms with Crippen LogP contribution in [0.5, 0.6) is 0 Å². The van der Waals surface area contributed by atoms with Gasteiger partial charge in [0.1, 0.15) is 11.9 Å². The molecule has 0 aliphatic carbocycles. The Kier molecular flexibility index (Phi) is 4.29. The van der Waals surface area contributed by atoms with E-state index >= 15 is 0 Å². The quantitative estimate of drug-likeness (QED) is 0.705. The van der Waals surface area contributed by atoms with E-state index in [-0.39, 0.29) is 17.8 Å². The molecule has 3 heterocycles. The minimum absolute atomic E-state index is 0.0124. The van der Waals surface area contributed by atoms with E-state index in [9.17, 15) is 4.79 Å². The fraction of sp³-hybridized carbons (Fsp3) is 0.444. The van der Waals surface area contributed by atoms with Gasteiger partial charge in [-0.3, -0.25) is 14.3 Å². The Balaban J connectivity index is 1.61. The van der Waals surface area contributed by atoms with Gasteiger partial charge in [0.2, 0.25) is 0 Å². The highest BCUT2D eigenvalue weighted by molar-refractivity contribution is 5.77. The molecule has 0 N–H and O–H groups in total. The van der Waals surface area contributed by atoms with Crippen molar-refractivity contribution in [3.8, 4) is 0 Å². The second kappa shape index (κ2) is 6.62. The molecule has 0 unspecified atom stereocenters. The molecular weight excluding hydrogens is 334 g/mol. The van der Waals surface area contributed by atoms with Gasteiger partial charge in [-0.15, -0.1) is 0 Å². The van der Waals surface area contributed by atoms with E-state index in [4.69, 9.17) is 9.26 Å². The summed E-state index contributed by atoms with van der Waals surface area (Å²) in [6.07, 6.45) is -0.268. The molecule has 1 fully saturated rings. The van der Waals surface area contributed by atoms with Crippen molar-refractivity contribution in [2.75, 3.05) is 13.1 Å². The first kappa shape index (κ1) is 16.9. The van der Waals surface area contributed by atoms with Crippen LogP contribution in [0.15, 0.2) is 33.6 Å². The minimum Gasteiger partial charge on any atom is -0.363 e. The predicted octanol–water partition coefficient (Wildman–Crippen LogP) is 1.59. The van der Waals surface area contributed by atoms with Crippen molar-refractivity contribution in [3.63, 3.8) is 0 Å². The number of aromatic nitrogens is 4. The number of ether oxygens (including phenoxy) is 1. The summed E-state index contributed by atoms with van der Waals surface area (Å²) >= 11 is 0. The highest BCUT2D eigenvalue weighted by Crippen LogP contribution is 2.25. The summed E-state index contributed by atoms with van der Waals surface area (Å²) in [7, 11) is 1.76. The lowest BCUT2D eigenvalue weighted by Gasteiger charge is -2.35. The van der Waals surface area contributed by atoms with Crippen molar-refractivity contribution >= 4 is 10.9 Å². The zero-order valence-electron chi connectivity index (χ0n) is 15.0. The van der Waals surface area contributed by atoms with Crippen molar-refractivity contribution in [2.24, 2.45) is 7.05 Å². The molecule has 8 heteroatoms. The summed E-state index contributed by atoms with van der Waals surface area (Å²) < 4.78 is 12.8. The second-order valence-electron chi connectivity index (χ2n) is 6.72. The van der Waals surface area contributed by atoms with Crippen LogP contribution in [0.3, 0.4) is 0 Å². The Morgan fingerprint density at radius 2 is 2.04 bits per heavy atom. The standard InChI is InChI=1S/C18H21N5O3/c1-11-8-23(9-15(25-11)17-19-12(2)21-26-17)10-16-20-14-7-5-4-6-13(14)18(24)22(16)3/h4-7,11,15H,8-10H2,1-3H3/t11-,15-/m1/s1. The van der Waals surface area contributed by atoms with Gasteiger partial charge in [0.25, 0.3) is 11.4 Å². The first-order chi connectivity index (χ1) is 12.5. The van der Waals surface area contributed by atoms with Crippen molar-refractivity contribution in [3.05, 3.63) is 52.2 Å². The molecule has 26 heavy (non-hydrogen) atoms. The first-order valence-electron chi connectivity index (χ1n) is 8.64. The maximum Gasteiger partial charge on any atom is 0.261 e. The number of nitrogens with zero attached hydrogens (tertiary/aromatic N) is 5. The lowest BCUT2D eigenvalue weighted by atomic mass is 10.2. The number of fused-ring (bicyclic) bond motifs is 1. The lowest BCUT2D eigenvalue weighted by molar-refractivity contribution is -0.0937. The van der Waals surface area contributed by atoms with Gasteiger partial charge in [-0.25, -0.2) is 4.98 Å². The summed E-state index contributed by atoms with van der Waals surface area (Å²) in [5.74, 6) is 1.80. The van der Waals surface area contributed by atoms with E-state index < -0.39 is 0 Å². The Morgan fingerprint density at radius 1 is 1.23 bits per heavy atom. The zero-order valence-corrected chi connectivity index (χ0v) is 15.0. The maximum atomic E-state index is 12.6. The van der Waals surface area contributed by atoms with Gasteiger partial charge >= 0.3 is 0 Å². The first-order valence-corrected chi connectivity index (χ1v) is 8.64. The molecule has 3 aromatic rings. The van der Waals surface area contributed by atoms with Gasteiger partial charge in [-0.05, 0) is 26.0 Å². The highest BCUT2D eigenvalue weighted by Gasteiger charge is 2.30. The second-order valence-corrected chi connectivity index (χ2v) is 6.72. The molecule has 0 amide bonds. The van der Waals surface area contributed by atoms with Gasteiger partial charge in [0.15, 0.2) is 5.82 Å². The zero-order chi connectivity index (χ0) is 18.3. The monoisotopic (exact) mass is 355 g/mol. The summed E-state index contributed by atoms with van der Waals surface area (Å²) in [5, 5.41) is 4.48. The van der Waals surface area contributed by atoms with Crippen LogP contribution in [0, 0.1) is 6.92 Å². The molecule has 136 valence electrons. The van der Waals surface area contributed by atoms with Crippen LogP contribution in [0.4, 0.5) is 0 Å². The van der Waals surface area contributed by atoms with Crippen LogP contribution in [-0.4, -0.2) is 43.8 Å². The molecule has 1 saturated heterocycles. The fourth-order valence-electron chi connectivity index (χ4n) is 3.35. The van der Waals surface area contributed by atoms with Crippen LogP contribution in [0.2, 0.25) is 0 Å². The van der Waals surface area contributed by atoms with E-state index in [0.29, 0.717) is 30.2 Å². The minimum atomic E-state index is -0.280. The SMILES string of the molecule is Cc1noc([C@H]2CN(Cc3nc4ccccc4c(=O)n3C)C[C@@H](C)O2)n1. The third kappa shape index (κ3) is 3.13. The third-order valence-corrected chi connectivity index (χ3v) is 4.60. The number of hydrogen-bond donors (Lipinski definition) is 0. The largest absolute Gasteiger partial charge is 0.363 e. The van der Waals surface area contributed by atoms with E-state index in [0.717, 1.165) is 17.9 Å². The number of para-hydroxylation sites is 1. The average molecular weight is 355 g/mol. The summed E-state index contributed by atoms with van der Waals surface area (Å²) in [6.45, 7) is 5.69. The van der Waals surface area contributed by atoms with Crippen molar-refractivity contribution in [1.29, 1.82) is 0 Å². The molecule has 1 aliphatic rings. The van der Waals surface area contributed by atoms with Gasteiger partial charge in [0, 0.05) is 20.1 Å². The predicted molar refractivity (Wildman–Crippen MR) is 94.6 cm³/mol. The van der Waals surface area contributed by atoms with E-state index in [1.54, 1.807) is 24.6 Å². The van der Waals surface area contributed by atoms with E-state index in [1.807, 2.05) is 25.1 Å². The molecule has 2 atom stereocenters. The Labute approximate surface area is 150 Å². The molecule has 0 radical (unpaired) electrons. The van der Waals surface area contributed by atoms with Crippen LogP contribution < -0.4 is 5.56 Å². The van der Waals surface area contributed by atoms with E-state index in [1.165, 1.54) is 0 Å². The summed E-state index contributed by atoms with van der Waals surface area (Å²) in [6, 6.07) is 7.42. The topological polar surface area (TPSA) is 86.3 Å². The number of hydrogen-bond acceptors (Lipinski definition) is 7. The number of rotatable bonds is 3. The van der Waals surface area contributed by atoms with Crippen LogP contribution in [0.25, 0.3) is 10.9 Å². The maximum absolute atomic E-state index is 12.6. The van der Waals surface area contributed by atoms with Gasteiger partial charge in [0.05, 0.1) is 23.6 Å². The molecular formula is C18H21N5O3. The average Bonchev–Trinajstić information content (AvgIpc) is 3.05. The molecule has 4 rings (SSSR count). The normalized spacial score (nSPS) is 21.3. The molecule has 1 aliphatic heterocycles. The molecule has 0 bridgehead atoms. The highest BCUT2D eigenvalue weighted by atomic mass is 16.5. The van der Waals surface area contributed by atoms with Crippen molar-refractivity contribution in [1.82, 2.24) is 24.6 Å². The molecule has 1 aromatic carbocycles. The number of benzene rings is 1. The Hall–Kier alpha value is -2.58. The summed E-state index contributed by atoms with van der Waals surface area (Å²) in [4.78, 5) is 23.8. The van der Waals surface area contributed by atoms with E-state index in [2.05, 4.69) is 20.0 Å².